The molecule has 1 aliphatic heterocycles. The molecule has 2 heterocycles. The van der Waals surface area contributed by atoms with Crippen LogP contribution in [0.1, 0.15) is 30.5 Å². The molecule has 0 atom stereocenters. The summed E-state index contributed by atoms with van der Waals surface area (Å²) in [5.41, 5.74) is 2.06. The minimum Gasteiger partial charge on any atom is -0.483 e. The number of hydrogen-bond donors (Lipinski definition) is 0. The molecule has 0 spiro atoms. The lowest BCUT2D eigenvalue weighted by Gasteiger charge is -2.31. The molecule has 2 aromatic rings. The number of alkyl halides is 1. The number of halogens is 1. The molecular weight excluding hydrogens is 312 g/mol. The summed E-state index contributed by atoms with van der Waals surface area (Å²) in [5.74, 6) is 0.966. The molecule has 116 valence electrons. The first-order valence-electron chi connectivity index (χ1n) is 7.18. The fourth-order valence-electron chi connectivity index (χ4n) is 2.61. The summed E-state index contributed by atoms with van der Waals surface area (Å²) in [6.07, 6.45) is 3.61. The second-order valence-electron chi connectivity index (χ2n) is 5.94. The van der Waals surface area contributed by atoms with E-state index in [1.807, 2.05) is 19.9 Å². The van der Waals surface area contributed by atoms with E-state index in [-0.39, 0.29) is 5.56 Å². The van der Waals surface area contributed by atoms with E-state index in [4.69, 9.17) is 21.6 Å². The van der Waals surface area contributed by atoms with E-state index < -0.39 is 5.60 Å². The van der Waals surface area contributed by atoms with Crippen LogP contribution >= 0.6 is 11.6 Å². The lowest BCUT2D eigenvalue weighted by molar-refractivity contribution is 0.157. The first-order chi connectivity index (χ1) is 10.9. The maximum absolute atomic E-state index is 12.3. The highest BCUT2D eigenvalue weighted by molar-refractivity contribution is 6.17. The highest BCUT2D eigenvalue weighted by Crippen LogP contribution is 2.36. The molecule has 0 unspecified atom stereocenters. The van der Waals surface area contributed by atoms with Gasteiger partial charge in [-0.05, 0) is 43.7 Å². The molecule has 5 heteroatoms. The van der Waals surface area contributed by atoms with Gasteiger partial charge >= 0.3 is 0 Å². The van der Waals surface area contributed by atoms with Gasteiger partial charge in [-0.2, -0.15) is 5.26 Å². The Morgan fingerprint density at radius 1 is 1.30 bits per heavy atom. The van der Waals surface area contributed by atoms with Crippen molar-refractivity contribution >= 4 is 17.3 Å². The fourth-order valence-corrected chi connectivity index (χ4v) is 2.76. The maximum Gasteiger partial charge on any atom is 0.255 e. The summed E-state index contributed by atoms with van der Waals surface area (Å²) in [6, 6.07) is 10.5. The molecule has 1 aromatic heterocycles. The van der Waals surface area contributed by atoms with Crippen LogP contribution in [0, 0.1) is 11.3 Å². The molecule has 3 rings (SSSR count). The quantitative estimate of drug-likeness (QED) is 0.793. The number of rotatable bonds is 2. The molecule has 23 heavy (non-hydrogen) atoms. The highest BCUT2D eigenvalue weighted by Gasteiger charge is 2.28. The average molecular weight is 327 g/mol. The van der Waals surface area contributed by atoms with E-state index in [1.54, 1.807) is 35.0 Å². The van der Waals surface area contributed by atoms with Gasteiger partial charge in [0.2, 0.25) is 0 Å². The van der Waals surface area contributed by atoms with Crippen molar-refractivity contribution in [1.29, 1.82) is 5.26 Å². The van der Waals surface area contributed by atoms with Crippen molar-refractivity contribution in [3.05, 3.63) is 69.6 Å². The van der Waals surface area contributed by atoms with Gasteiger partial charge in [0.15, 0.2) is 0 Å². The second-order valence-corrected chi connectivity index (χ2v) is 6.20. The zero-order chi connectivity index (χ0) is 16.6. The normalized spacial score (nSPS) is 15.1. The Hall–Kier alpha value is -2.51. The summed E-state index contributed by atoms with van der Waals surface area (Å²) in [7, 11) is 0. The monoisotopic (exact) mass is 326 g/mol. The van der Waals surface area contributed by atoms with Crippen molar-refractivity contribution in [2.75, 3.05) is 0 Å². The Bertz CT molecular complexity index is 904. The molecule has 1 aliphatic rings. The maximum atomic E-state index is 12.3. The summed E-state index contributed by atoms with van der Waals surface area (Å²) >= 11 is 5.89. The van der Waals surface area contributed by atoms with E-state index in [9.17, 15) is 4.79 Å². The van der Waals surface area contributed by atoms with Gasteiger partial charge < -0.3 is 4.74 Å². The van der Waals surface area contributed by atoms with Crippen LogP contribution in [0.4, 0.5) is 0 Å². The number of aromatic nitrogens is 1. The Morgan fingerprint density at radius 2 is 2.09 bits per heavy atom. The standard InChI is InChI=1S/C18H15ClN2O2/c1-18(2)8-15(21-11-13(9-19)4-6-17(21)22)14-7-12(10-20)3-5-16(14)23-18/h3-8,11H,9H2,1-2H3. The highest BCUT2D eigenvalue weighted by atomic mass is 35.5. The van der Waals surface area contributed by atoms with Crippen molar-refractivity contribution in [1.82, 2.24) is 4.57 Å². The topological polar surface area (TPSA) is 55.0 Å². The van der Waals surface area contributed by atoms with Gasteiger partial charge in [0.05, 0.1) is 17.3 Å². The van der Waals surface area contributed by atoms with E-state index in [0.717, 1.165) is 11.1 Å². The van der Waals surface area contributed by atoms with E-state index in [0.29, 0.717) is 22.9 Å². The number of nitrogens with zero attached hydrogens (tertiary/aromatic N) is 2. The van der Waals surface area contributed by atoms with Gasteiger partial charge in [-0.3, -0.25) is 9.36 Å². The fraction of sp³-hybridized carbons (Fsp3) is 0.222. The molecule has 0 N–H and O–H groups in total. The van der Waals surface area contributed by atoms with Crippen LogP contribution in [0.5, 0.6) is 5.75 Å². The molecule has 0 fully saturated rings. The van der Waals surface area contributed by atoms with Crippen molar-refractivity contribution < 1.29 is 4.74 Å². The second kappa shape index (κ2) is 5.60. The van der Waals surface area contributed by atoms with Crippen molar-refractivity contribution in [2.24, 2.45) is 0 Å². The number of pyridine rings is 1. The van der Waals surface area contributed by atoms with Gasteiger partial charge in [-0.1, -0.05) is 6.07 Å². The van der Waals surface area contributed by atoms with Crippen LogP contribution < -0.4 is 10.3 Å². The van der Waals surface area contributed by atoms with Crippen LogP contribution in [0.15, 0.2) is 47.4 Å². The lowest BCUT2D eigenvalue weighted by atomic mass is 9.97. The molecule has 0 aliphatic carbocycles. The van der Waals surface area contributed by atoms with Crippen LogP contribution in [0.3, 0.4) is 0 Å². The SMILES string of the molecule is CC1(C)C=C(n2cc(CCl)ccc2=O)c2cc(C#N)ccc2O1. The number of fused-ring (bicyclic) bond motifs is 1. The molecule has 0 amide bonds. The molecule has 0 saturated heterocycles. The van der Waals surface area contributed by atoms with Crippen LogP contribution in [-0.2, 0) is 5.88 Å². The third-order valence-corrected chi connectivity index (χ3v) is 3.94. The van der Waals surface area contributed by atoms with E-state index >= 15 is 0 Å². The minimum absolute atomic E-state index is 0.156. The van der Waals surface area contributed by atoms with Crippen molar-refractivity contribution in [2.45, 2.75) is 25.3 Å². The first kappa shape index (κ1) is 15.4. The zero-order valence-corrected chi connectivity index (χ0v) is 13.6. The molecule has 1 aromatic carbocycles. The summed E-state index contributed by atoms with van der Waals surface area (Å²) in [4.78, 5) is 12.3. The number of ether oxygens (including phenoxy) is 1. The molecular formula is C18H15ClN2O2. The van der Waals surface area contributed by atoms with E-state index in [1.165, 1.54) is 6.07 Å². The van der Waals surface area contributed by atoms with Gasteiger partial charge in [0.25, 0.3) is 5.56 Å². The zero-order valence-electron chi connectivity index (χ0n) is 12.8. The molecule has 0 radical (unpaired) electrons. The summed E-state index contributed by atoms with van der Waals surface area (Å²) < 4.78 is 7.50. The van der Waals surface area contributed by atoms with Crippen LogP contribution in [0.25, 0.3) is 5.70 Å². The third kappa shape index (κ3) is 2.88. The summed E-state index contributed by atoms with van der Waals surface area (Å²) in [5, 5.41) is 9.14. The number of nitriles is 1. The first-order valence-corrected chi connectivity index (χ1v) is 7.71. The number of benzene rings is 1. The van der Waals surface area contributed by atoms with Crippen LogP contribution in [-0.4, -0.2) is 10.2 Å². The van der Waals surface area contributed by atoms with E-state index in [2.05, 4.69) is 6.07 Å². The predicted octanol–water partition coefficient (Wildman–Crippen LogP) is 3.52. The Labute approximate surface area is 139 Å². The smallest absolute Gasteiger partial charge is 0.255 e. The molecule has 0 bridgehead atoms. The van der Waals surface area contributed by atoms with Gasteiger partial charge in [-0.15, -0.1) is 11.6 Å². The molecule has 4 nitrogen and oxygen atoms in total. The van der Waals surface area contributed by atoms with Gasteiger partial charge in [0.1, 0.15) is 11.4 Å². The lowest BCUT2D eigenvalue weighted by Crippen LogP contribution is -2.32. The molecule has 0 saturated carbocycles. The van der Waals surface area contributed by atoms with Crippen molar-refractivity contribution in [3.8, 4) is 11.8 Å². The largest absolute Gasteiger partial charge is 0.483 e. The Balaban J connectivity index is 2.28. The Kier molecular flexibility index (Phi) is 3.75. The predicted molar refractivity (Wildman–Crippen MR) is 89.5 cm³/mol. The van der Waals surface area contributed by atoms with Gasteiger partial charge in [-0.25, -0.2) is 0 Å². The van der Waals surface area contributed by atoms with Crippen molar-refractivity contribution in [3.63, 3.8) is 0 Å². The number of hydrogen-bond acceptors (Lipinski definition) is 3. The average Bonchev–Trinajstić information content (AvgIpc) is 2.53. The third-order valence-electron chi connectivity index (χ3n) is 3.63. The van der Waals surface area contributed by atoms with Gasteiger partial charge in [0, 0.05) is 23.7 Å². The van der Waals surface area contributed by atoms with Crippen LogP contribution in [0.2, 0.25) is 0 Å². The minimum atomic E-state index is -0.563. The summed E-state index contributed by atoms with van der Waals surface area (Å²) in [6.45, 7) is 3.84. The Morgan fingerprint density at radius 3 is 2.78 bits per heavy atom.